The first-order valence-electron chi connectivity index (χ1n) is 21.5. The summed E-state index contributed by atoms with van der Waals surface area (Å²) in [5.74, 6) is -3.24. The number of hydrogen-bond donors (Lipinski definition) is 4. The second-order valence-corrected chi connectivity index (χ2v) is 18.8. The molecule has 0 aliphatic carbocycles. The molecule has 0 amide bonds. The molecule has 3 aromatic rings. The van der Waals surface area contributed by atoms with Crippen molar-refractivity contribution in [3.63, 3.8) is 0 Å². The number of allylic oxidation sites excluding steroid dienone is 1. The van der Waals surface area contributed by atoms with Gasteiger partial charge in [0.05, 0.1) is 50.8 Å². The van der Waals surface area contributed by atoms with E-state index in [-0.39, 0.29) is 37.4 Å². The first-order valence-corrected chi connectivity index (χ1v) is 22.3. The molecule has 3 aliphatic rings. The number of esters is 2. The Hall–Kier alpha value is -4.75. The van der Waals surface area contributed by atoms with E-state index in [1.165, 1.54) is 18.2 Å². The minimum absolute atomic E-state index is 0.110. The molecule has 1 aromatic heterocycles. The molecule has 12 atom stereocenters. The van der Waals surface area contributed by atoms with Crippen molar-refractivity contribution in [2.45, 2.75) is 140 Å². The lowest BCUT2D eigenvalue weighted by atomic mass is 9.71. The molecule has 348 valence electrons. The highest BCUT2D eigenvalue weighted by Crippen LogP contribution is 2.47. The van der Waals surface area contributed by atoms with E-state index < -0.39 is 96.2 Å². The second kappa shape index (κ2) is 20.6. The maximum atomic E-state index is 14.5. The molecule has 4 N–H and O–H groups in total. The standard InChI is InChI=1S/C47H59NO15S/c1-8-11-30-40(62-45(56)58-24-27-13-16-29(17-14-27)59-44-39(53)37(51)38(52)41(61-44)43(55)57-20-9-2)25(3)12-10-19-47(7)35(63-47)22-32(28-15-18-33-31(21-28)48-26(4)64-33)60-36(50)23-34(49)46(5,6)42(30)54/h8-9,13-18,21,25,30,32,34-35,37-41,44,49,51-53H,1-2,10-12,19-20,22-24H2,3-7H3/t25-,30+,32-,34-,35-,37-,38-,39+,40-,41-,44+,47+/m0/s1. The van der Waals surface area contributed by atoms with Gasteiger partial charge >= 0.3 is 18.1 Å². The van der Waals surface area contributed by atoms with Crippen molar-refractivity contribution in [2.75, 3.05) is 6.61 Å². The van der Waals surface area contributed by atoms with Gasteiger partial charge in [-0.3, -0.25) is 9.59 Å². The number of carbonyl (C=O) groups is 4. The summed E-state index contributed by atoms with van der Waals surface area (Å²) in [5, 5.41) is 43.6. The van der Waals surface area contributed by atoms with Crippen LogP contribution in [0, 0.1) is 24.2 Å². The number of nitrogens with zero attached hydrogens (tertiary/aromatic N) is 1. The van der Waals surface area contributed by atoms with Crippen molar-refractivity contribution in [3.05, 3.63) is 83.9 Å². The molecule has 2 aromatic carbocycles. The number of thiazole rings is 1. The number of rotatable bonds is 11. The molecule has 3 fully saturated rings. The Morgan fingerprint density at radius 1 is 0.984 bits per heavy atom. The van der Waals surface area contributed by atoms with Crippen LogP contribution in [0.3, 0.4) is 0 Å². The lowest BCUT2D eigenvalue weighted by Crippen LogP contribution is -2.61. The zero-order valence-electron chi connectivity index (χ0n) is 36.8. The summed E-state index contributed by atoms with van der Waals surface area (Å²) in [4.78, 5) is 58.5. The molecule has 0 spiro atoms. The van der Waals surface area contributed by atoms with Crippen molar-refractivity contribution < 1.29 is 72.8 Å². The predicted molar refractivity (Wildman–Crippen MR) is 232 cm³/mol. The quantitative estimate of drug-likeness (QED) is 0.0779. The number of aromatic nitrogens is 1. The molecule has 17 heteroatoms. The maximum absolute atomic E-state index is 14.5. The minimum atomic E-state index is -1.78. The third kappa shape index (κ3) is 11.4. The number of ketones is 1. The van der Waals surface area contributed by atoms with Crippen LogP contribution < -0.4 is 4.74 Å². The summed E-state index contributed by atoms with van der Waals surface area (Å²) in [7, 11) is 0. The second-order valence-electron chi connectivity index (χ2n) is 17.6. The Morgan fingerprint density at radius 3 is 2.42 bits per heavy atom. The fourth-order valence-electron chi connectivity index (χ4n) is 8.33. The molecule has 16 nitrogen and oxygen atoms in total. The molecular weight excluding hydrogens is 851 g/mol. The monoisotopic (exact) mass is 909 g/mol. The molecule has 64 heavy (non-hydrogen) atoms. The molecule has 0 unspecified atom stereocenters. The number of aliphatic hydroxyl groups is 4. The largest absolute Gasteiger partial charge is 0.508 e. The number of epoxide rings is 1. The van der Waals surface area contributed by atoms with Crippen LogP contribution in [-0.2, 0) is 49.4 Å². The summed E-state index contributed by atoms with van der Waals surface area (Å²) in [5.41, 5.74) is 0.102. The number of fused-ring (bicyclic) bond motifs is 2. The van der Waals surface area contributed by atoms with Crippen molar-refractivity contribution in [3.8, 4) is 5.75 Å². The number of aryl methyl sites for hydroxylation is 1. The van der Waals surface area contributed by atoms with Gasteiger partial charge in [-0.15, -0.1) is 17.9 Å². The Bertz CT molecular complexity index is 2160. The Morgan fingerprint density at radius 2 is 1.72 bits per heavy atom. The van der Waals surface area contributed by atoms with Crippen LogP contribution in [0.15, 0.2) is 67.8 Å². The fraction of sp³-hybridized carbons (Fsp3) is 0.553. The highest BCUT2D eigenvalue weighted by Gasteiger charge is 2.53. The lowest BCUT2D eigenvalue weighted by Gasteiger charge is -2.38. The van der Waals surface area contributed by atoms with Gasteiger partial charge in [-0.2, -0.15) is 0 Å². The van der Waals surface area contributed by atoms with Gasteiger partial charge in [0.15, 0.2) is 6.10 Å². The zero-order valence-corrected chi connectivity index (χ0v) is 37.6. The van der Waals surface area contributed by atoms with Gasteiger partial charge in [0.2, 0.25) is 6.29 Å². The van der Waals surface area contributed by atoms with E-state index in [9.17, 15) is 39.6 Å². The van der Waals surface area contributed by atoms with Gasteiger partial charge in [-0.25, -0.2) is 14.6 Å². The number of hydrogen-bond acceptors (Lipinski definition) is 17. The maximum Gasteiger partial charge on any atom is 0.508 e. The van der Waals surface area contributed by atoms with Crippen LogP contribution in [0.1, 0.15) is 88.5 Å². The van der Waals surface area contributed by atoms with Crippen molar-refractivity contribution in [1.82, 2.24) is 4.98 Å². The van der Waals surface area contributed by atoms with E-state index in [0.717, 1.165) is 20.8 Å². The van der Waals surface area contributed by atoms with Crippen LogP contribution in [0.25, 0.3) is 10.2 Å². The van der Waals surface area contributed by atoms with Gasteiger partial charge in [0.25, 0.3) is 0 Å². The Balaban J connectivity index is 1.13. The van der Waals surface area contributed by atoms with Crippen molar-refractivity contribution in [1.29, 1.82) is 0 Å². The number of ether oxygens (including phenoxy) is 7. The van der Waals surface area contributed by atoms with E-state index in [1.807, 2.05) is 39.0 Å². The zero-order chi connectivity index (χ0) is 46.5. The van der Waals surface area contributed by atoms with Crippen LogP contribution in [0.2, 0.25) is 0 Å². The van der Waals surface area contributed by atoms with Gasteiger partial charge in [-0.05, 0) is 74.4 Å². The molecule has 6 rings (SSSR count). The highest BCUT2D eigenvalue weighted by molar-refractivity contribution is 7.18. The minimum Gasteiger partial charge on any atom is -0.462 e. The number of benzene rings is 2. The topological polar surface area (TPSA) is 230 Å². The van der Waals surface area contributed by atoms with E-state index in [0.29, 0.717) is 31.2 Å². The molecule has 3 aliphatic heterocycles. The summed E-state index contributed by atoms with van der Waals surface area (Å²) in [6.07, 6.45) is -8.02. The van der Waals surface area contributed by atoms with Crippen LogP contribution in [-0.4, -0.2) is 111 Å². The number of Topliss-reactive ketones (excluding diaryl/α,β-unsaturated/α-hetero) is 1. The number of carbonyl (C=O) groups excluding carboxylic acids is 4. The van der Waals surface area contributed by atoms with Crippen LogP contribution >= 0.6 is 11.3 Å². The van der Waals surface area contributed by atoms with Gasteiger partial charge in [-0.1, -0.05) is 64.1 Å². The fourth-order valence-corrected chi connectivity index (χ4v) is 9.14. The first kappa shape index (κ1) is 48.7. The normalized spacial score (nSPS) is 32.4. The van der Waals surface area contributed by atoms with Gasteiger partial charge < -0.3 is 53.6 Å². The average Bonchev–Trinajstić information content (AvgIpc) is 3.73. The summed E-state index contributed by atoms with van der Waals surface area (Å²) >= 11 is 1.57. The van der Waals surface area contributed by atoms with Crippen LogP contribution in [0.4, 0.5) is 4.79 Å². The third-order valence-corrected chi connectivity index (χ3v) is 13.4. The SMILES string of the molecule is C=CCOC(=O)[C@H]1O[C@@H](Oc2ccc(COC(=O)O[C@H]3[C@@H](C)CCC[C@@]4(C)O[C@H]4C[C@@H](c4ccc5sc(C)nc5c4)OC(=O)C[C@H](O)C(C)(C)C(=O)[C@@H]3CC=C)cc2)[C@H](O)[C@@H](O)[C@@H]1O. The number of aliphatic hydroxyl groups excluding tert-OH is 4. The lowest BCUT2D eigenvalue weighted by molar-refractivity contribution is -0.272. The molecule has 4 heterocycles. The van der Waals surface area contributed by atoms with E-state index in [4.69, 9.17) is 33.2 Å². The van der Waals surface area contributed by atoms with Gasteiger partial charge in [0.1, 0.15) is 55.3 Å². The summed E-state index contributed by atoms with van der Waals surface area (Å²) in [6, 6.07) is 11.9. The first-order chi connectivity index (χ1) is 30.3. The van der Waals surface area contributed by atoms with E-state index in [1.54, 1.807) is 43.4 Å². The molecular formula is C47H59NO15S. The molecule has 3 saturated heterocycles. The molecule has 0 radical (unpaired) electrons. The van der Waals surface area contributed by atoms with Gasteiger partial charge in [0, 0.05) is 6.42 Å². The molecule has 0 bridgehead atoms. The average molecular weight is 910 g/mol. The van der Waals surface area contributed by atoms with Crippen molar-refractivity contribution >= 4 is 45.4 Å². The summed E-state index contributed by atoms with van der Waals surface area (Å²) < 4.78 is 40.9. The smallest absolute Gasteiger partial charge is 0.462 e. The van der Waals surface area contributed by atoms with Crippen LogP contribution in [0.5, 0.6) is 5.75 Å². The Kier molecular flexibility index (Phi) is 15.7. The molecule has 0 saturated carbocycles. The van der Waals surface area contributed by atoms with E-state index >= 15 is 0 Å². The third-order valence-electron chi connectivity index (χ3n) is 12.4. The highest BCUT2D eigenvalue weighted by atomic mass is 32.1. The van der Waals surface area contributed by atoms with Crippen molar-refractivity contribution in [2.24, 2.45) is 17.3 Å². The Labute approximate surface area is 376 Å². The van der Waals surface area contributed by atoms with E-state index in [2.05, 4.69) is 18.1 Å². The predicted octanol–water partition coefficient (Wildman–Crippen LogP) is 5.73. The number of cyclic esters (lactones) is 1. The summed E-state index contributed by atoms with van der Waals surface area (Å²) in [6.45, 7) is 15.9.